The van der Waals surface area contributed by atoms with Gasteiger partial charge >= 0.3 is 11.7 Å². The molecule has 0 aliphatic rings. The highest BCUT2D eigenvalue weighted by Gasteiger charge is 2.22. The predicted molar refractivity (Wildman–Crippen MR) is 69.5 cm³/mol. The number of nitro groups is 1. The van der Waals surface area contributed by atoms with E-state index in [0.717, 1.165) is 0 Å². The zero-order valence-corrected chi connectivity index (χ0v) is 10.6. The maximum atomic E-state index is 11.9. The Bertz CT molecular complexity index is 643. The number of hydrogen-bond donors (Lipinski definition) is 0. The highest BCUT2D eigenvalue weighted by molar-refractivity contribution is 5.90. The van der Waals surface area contributed by atoms with Gasteiger partial charge in [0.2, 0.25) is 5.75 Å². The quantitative estimate of drug-likeness (QED) is 0.366. The third kappa shape index (κ3) is 2.77. The molecule has 0 fully saturated rings. The molecular weight excluding hydrogens is 262 g/mol. The molecule has 0 aliphatic carbocycles. The minimum absolute atomic E-state index is 0.0804. The van der Waals surface area contributed by atoms with Crippen LogP contribution in [0.25, 0.3) is 0 Å². The van der Waals surface area contributed by atoms with Crippen LogP contribution in [0.5, 0.6) is 5.75 Å². The van der Waals surface area contributed by atoms with Crippen LogP contribution in [0.15, 0.2) is 36.9 Å². The normalized spacial score (nSPS) is 10.1. The number of ether oxygens (including phenoxy) is 1. The maximum absolute atomic E-state index is 11.9. The standard InChI is InChI=1S/C13H11N3O4/c1-2-9-4-3-5-11(12(9)16(18)19)20-13(17)10-6-14-8-15-7-10/h3-8H,2H2,1H3. The fourth-order valence-electron chi connectivity index (χ4n) is 1.71. The largest absolute Gasteiger partial charge is 0.415 e. The number of nitro benzene ring substituents is 1. The topological polar surface area (TPSA) is 95.2 Å². The predicted octanol–water partition coefficient (Wildman–Crippen LogP) is 2.17. The molecule has 1 aromatic heterocycles. The summed E-state index contributed by atoms with van der Waals surface area (Å²) >= 11 is 0. The Morgan fingerprint density at radius 3 is 2.65 bits per heavy atom. The Morgan fingerprint density at radius 1 is 1.35 bits per heavy atom. The number of para-hydroxylation sites is 1. The summed E-state index contributed by atoms with van der Waals surface area (Å²) in [6, 6.07) is 4.62. The molecule has 2 aromatic rings. The summed E-state index contributed by atoms with van der Waals surface area (Å²) in [5, 5.41) is 11.1. The minimum atomic E-state index is -0.734. The van der Waals surface area contributed by atoms with Crippen LogP contribution in [0.2, 0.25) is 0 Å². The van der Waals surface area contributed by atoms with Crippen molar-refractivity contribution in [3.63, 3.8) is 0 Å². The van der Waals surface area contributed by atoms with E-state index in [2.05, 4.69) is 9.97 Å². The fourth-order valence-corrected chi connectivity index (χ4v) is 1.71. The molecular formula is C13H11N3O4. The maximum Gasteiger partial charge on any atom is 0.346 e. The van der Waals surface area contributed by atoms with Crippen molar-refractivity contribution in [2.75, 3.05) is 0 Å². The van der Waals surface area contributed by atoms with E-state index in [1.807, 2.05) is 0 Å². The van der Waals surface area contributed by atoms with Crippen LogP contribution in [0, 0.1) is 10.1 Å². The van der Waals surface area contributed by atoms with Gasteiger partial charge in [-0.1, -0.05) is 19.1 Å². The van der Waals surface area contributed by atoms with Gasteiger partial charge in [-0.15, -0.1) is 0 Å². The van der Waals surface area contributed by atoms with Gasteiger partial charge in [0.25, 0.3) is 0 Å². The Kier molecular flexibility index (Phi) is 3.99. The van der Waals surface area contributed by atoms with Crippen molar-refractivity contribution < 1.29 is 14.5 Å². The summed E-state index contributed by atoms with van der Waals surface area (Å²) < 4.78 is 5.07. The van der Waals surface area contributed by atoms with Crippen LogP contribution in [-0.4, -0.2) is 20.9 Å². The average molecular weight is 273 g/mol. The monoisotopic (exact) mass is 273 g/mol. The van der Waals surface area contributed by atoms with Gasteiger partial charge in [0.1, 0.15) is 6.33 Å². The number of hydrogen-bond acceptors (Lipinski definition) is 6. The summed E-state index contributed by atoms with van der Waals surface area (Å²) in [5.74, 6) is -0.815. The van der Waals surface area contributed by atoms with E-state index in [-0.39, 0.29) is 17.0 Å². The van der Waals surface area contributed by atoms with Gasteiger partial charge in [-0.25, -0.2) is 14.8 Å². The number of aryl methyl sites for hydroxylation is 1. The van der Waals surface area contributed by atoms with Gasteiger partial charge in [-0.05, 0) is 12.5 Å². The lowest BCUT2D eigenvalue weighted by molar-refractivity contribution is -0.386. The second kappa shape index (κ2) is 5.87. The van der Waals surface area contributed by atoms with Crippen molar-refractivity contribution in [2.24, 2.45) is 0 Å². The molecule has 1 aromatic carbocycles. The number of carbonyl (C=O) groups is 1. The molecule has 2 rings (SSSR count). The molecule has 7 heteroatoms. The molecule has 0 N–H and O–H groups in total. The van der Waals surface area contributed by atoms with Gasteiger partial charge in [-0.3, -0.25) is 10.1 Å². The van der Waals surface area contributed by atoms with Crippen LogP contribution >= 0.6 is 0 Å². The highest BCUT2D eigenvalue weighted by atomic mass is 16.6. The Labute approximate surface area is 114 Å². The van der Waals surface area contributed by atoms with Crippen LogP contribution in [-0.2, 0) is 6.42 Å². The fraction of sp³-hybridized carbons (Fsp3) is 0.154. The number of aromatic nitrogens is 2. The van der Waals surface area contributed by atoms with Gasteiger partial charge in [-0.2, -0.15) is 0 Å². The van der Waals surface area contributed by atoms with Gasteiger partial charge in [0, 0.05) is 18.0 Å². The molecule has 1 heterocycles. The molecule has 0 saturated carbocycles. The molecule has 0 radical (unpaired) electrons. The third-order valence-electron chi connectivity index (χ3n) is 2.64. The molecule has 0 amide bonds. The molecule has 0 atom stereocenters. The number of nitrogens with zero attached hydrogens (tertiary/aromatic N) is 3. The van der Waals surface area contributed by atoms with Gasteiger partial charge in [0.05, 0.1) is 10.5 Å². The molecule has 0 saturated heterocycles. The van der Waals surface area contributed by atoms with Crippen LogP contribution in [0.3, 0.4) is 0 Å². The summed E-state index contributed by atoms with van der Waals surface area (Å²) in [6.07, 6.45) is 4.31. The van der Waals surface area contributed by atoms with Crippen molar-refractivity contribution in [3.8, 4) is 5.75 Å². The Balaban J connectivity index is 2.34. The molecule has 20 heavy (non-hydrogen) atoms. The van der Waals surface area contributed by atoms with E-state index in [1.165, 1.54) is 24.8 Å². The molecule has 0 unspecified atom stereocenters. The lowest BCUT2D eigenvalue weighted by Crippen LogP contribution is -2.11. The summed E-state index contributed by atoms with van der Waals surface area (Å²) in [6.45, 7) is 1.79. The number of esters is 1. The summed E-state index contributed by atoms with van der Waals surface area (Å²) in [7, 11) is 0. The Hall–Kier alpha value is -2.83. The van der Waals surface area contributed by atoms with Gasteiger partial charge in [0.15, 0.2) is 0 Å². The van der Waals surface area contributed by atoms with Crippen molar-refractivity contribution in [3.05, 3.63) is 58.2 Å². The molecule has 0 aliphatic heterocycles. The van der Waals surface area contributed by atoms with E-state index >= 15 is 0 Å². The van der Waals surface area contributed by atoms with Crippen molar-refractivity contribution in [2.45, 2.75) is 13.3 Å². The van der Waals surface area contributed by atoms with E-state index in [0.29, 0.717) is 12.0 Å². The zero-order chi connectivity index (χ0) is 14.5. The number of rotatable bonds is 4. The first-order chi connectivity index (χ1) is 9.63. The first-order valence-electron chi connectivity index (χ1n) is 5.87. The highest BCUT2D eigenvalue weighted by Crippen LogP contribution is 2.31. The summed E-state index contributed by atoms with van der Waals surface area (Å²) in [5.41, 5.74) is 0.438. The van der Waals surface area contributed by atoms with Crippen LogP contribution in [0.4, 0.5) is 5.69 Å². The third-order valence-corrected chi connectivity index (χ3v) is 2.64. The average Bonchev–Trinajstić information content (AvgIpc) is 2.47. The molecule has 102 valence electrons. The first-order valence-corrected chi connectivity index (χ1v) is 5.87. The molecule has 7 nitrogen and oxygen atoms in total. The van der Waals surface area contributed by atoms with Crippen molar-refractivity contribution in [1.82, 2.24) is 9.97 Å². The van der Waals surface area contributed by atoms with E-state index in [9.17, 15) is 14.9 Å². The van der Waals surface area contributed by atoms with Crippen LogP contribution in [0.1, 0.15) is 22.8 Å². The van der Waals surface area contributed by atoms with Crippen molar-refractivity contribution in [1.29, 1.82) is 0 Å². The van der Waals surface area contributed by atoms with Gasteiger partial charge < -0.3 is 4.74 Å². The lowest BCUT2D eigenvalue weighted by atomic mass is 10.1. The molecule has 0 spiro atoms. The second-order valence-electron chi connectivity index (χ2n) is 3.89. The van der Waals surface area contributed by atoms with E-state index in [4.69, 9.17) is 4.74 Å². The Morgan fingerprint density at radius 2 is 2.05 bits per heavy atom. The lowest BCUT2D eigenvalue weighted by Gasteiger charge is -2.07. The van der Waals surface area contributed by atoms with E-state index in [1.54, 1.807) is 19.1 Å². The first kappa shape index (κ1) is 13.6. The summed E-state index contributed by atoms with van der Waals surface area (Å²) in [4.78, 5) is 29.8. The zero-order valence-electron chi connectivity index (χ0n) is 10.6. The second-order valence-corrected chi connectivity index (χ2v) is 3.89. The number of carbonyl (C=O) groups excluding carboxylic acids is 1. The number of benzene rings is 1. The molecule has 0 bridgehead atoms. The SMILES string of the molecule is CCc1cccc(OC(=O)c2cncnc2)c1[N+](=O)[O-]. The van der Waals surface area contributed by atoms with Crippen LogP contribution < -0.4 is 4.74 Å². The minimum Gasteiger partial charge on any atom is -0.415 e. The van der Waals surface area contributed by atoms with E-state index < -0.39 is 10.9 Å². The smallest absolute Gasteiger partial charge is 0.346 e. The van der Waals surface area contributed by atoms with Crippen molar-refractivity contribution >= 4 is 11.7 Å².